The second-order valence-electron chi connectivity index (χ2n) is 0.448. The largest absolute Gasteiger partial charge is 2.00 e. The summed E-state index contributed by atoms with van der Waals surface area (Å²) in [6.07, 6.45) is 0. The Kier molecular flexibility index (Phi) is 25.1. The number of halogens is 1. The van der Waals surface area contributed by atoms with Crippen LogP contribution in [0.4, 0.5) is 0 Å². The minimum absolute atomic E-state index is 0. The predicted molar refractivity (Wildman–Crippen MR) is 30.5 cm³/mol. The summed E-state index contributed by atoms with van der Waals surface area (Å²) in [4.78, 5) is 0. The Balaban J connectivity index is -0.00000000533. The van der Waals surface area contributed by atoms with Gasteiger partial charge in [-0.25, -0.2) is 0 Å². The molecule has 0 fully saturated rings. The van der Waals surface area contributed by atoms with E-state index in [-0.39, 0.29) is 69.3 Å². The van der Waals surface area contributed by atoms with Gasteiger partial charge in [0.1, 0.15) is 0 Å². The quantitative estimate of drug-likeness (QED) is 0.306. The van der Waals surface area contributed by atoms with Crippen molar-refractivity contribution in [3.05, 3.63) is 0 Å². The van der Waals surface area contributed by atoms with E-state index in [2.05, 4.69) is 0 Å². The van der Waals surface area contributed by atoms with Crippen LogP contribution in [0.15, 0.2) is 0 Å². The summed E-state index contributed by atoms with van der Waals surface area (Å²) in [5, 5.41) is 0. The molecule has 0 aliphatic carbocycles. The minimum atomic E-state index is -4.67. The fraction of sp³-hybridized carbons (Fsp3) is 0. The molecule has 0 aromatic carbocycles. The summed E-state index contributed by atoms with van der Waals surface area (Å²) in [5.74, 6) is 0. The normalized spacial score (nSPS) is 7.25. The van der Waals surface area contributed by atoms with Crippen LogP contribution in [0.2, 0.25) is 0 Å². The van der Waals surface area contributed by atoms with E-state index in [1.54, 1.807) is 0 Å². The van der Waals surface area contributed by atoms with Crippen LogP contribution in [0.3, 0.4) is 0 Å². The molecular weight excluding hydrogens is 179 g/mol. The van der Waals surface area contributed by atoms with Crippen LogP contribution in [0, 0.1) is 0 Å². The molecule has 0 aliphatic heterocycles. The van der Waals surface area contributed by atoms with E-state index in [1.807, 2.05) is 0 Å². The number of hydrogen-bond donors (Lipinski definition) is 2. The van der Waals surface area contributed by atoms with E-state index in [4.69, 9.17) is 17.5 Å². The standard InChI is InChI=1S/ClH.Mg.Na.H2O4S.3H/c;;;1-5(2,3)4;;;/h1H;;;(H2,1,2,3,4);;;/q;+2;+1;;3*-1. The van der Waals surface area contributed by atoms with Crippen molar-refractivity contribution < 1.29 is 51.4 Å². The Hall–Kier alpha value is 1.93. The summed E-state index contributed by atoms with van der Waals surface area (Å²) in [7, 11) is -4.67. The van der Waals surface area contributed by atoms with Crippen molar-refractivity contribution in [1.82, 2.24) is 0 Å². The van der Waals surface area contributed by atoms with Gasteiger partial charge >= 0.3 is 63.0 Å². The molecule has 0 saturated carbocycles. The van der Waals surface area contributed by atoms with Crippen molar-refractivity contribution in [2.75, 3.05) is 0 Å². The SMILES string of the molecule is Cl.O=S(=O)(O)O.[H-].[H-].[H-].[Mg+2].[Na+]. The van der Waals surface area contributed by atoms with Gasteiger partial charge in [0.05, 0.1) is 0 Å². The molecule has 46 valence electrons. The second-order valence-corrected chi connectivity index (χ2v) is 1.34. The van der Waals surface area contributed by atoms with Gasteiger partial charge in [0, 0.05) is 0 Å². The van der Waals surface area contributed by atoms with Crippen molar-refractivity contribution in [2.45, 2.75) is 0 Å². The molecule has 0 aromatic heterocycles. The van der Waals surface area contributed by atoms with Crippen LogP contribution in [-0.4, -0.2) is 40.6 Å². The predicted octanol–water partition coefficient (Wildman–Crippen LogP) is -3.27. The maximum absolute atomic E-state index is 8.74. The molecule has 0 radical (unpaired) electrons. The van der Waals surface area contributed by atoms with E-state index >= 15 is 0 Å². The zero-order valence-corrected chi connectivity index (χ0v) is 9.28. The smallest absolute Gasteiger partial charge is 1.00 e. The minimum Gasteiger partial charge on any atom is -1.00 e. The fourth-order valence-electron chi connectivity index (χ4n) is 0. The molecule has 4 nitrogen and oxygen atoms in total. The van der Waals surface area contributed by atoms with Gasteiger partial charge in [0.2, 0.25) is 0 Å². The molecule has 8 heavy (non-hydrogen) atoms. The molecule has 0 unspecified atom stereocenters. The van der Waals surface area contributed by atoms with Gasteiger partial charge in [-0.05, 0) is 0 Å². The zero-order valence-electron chi connectivity index (χ0n) is 7.23. The van der Waals surface area contributed by atoms with Crippen molar-refractivity contribution in [2.24, 2.45) is 0 Å². The van der Waals surface area contributed by atoms with Gasteiger partial charge in [-0.3, -0.25) is 9.11 Å². The topological polar surface area (TPSA) is 74.6 Å². The first-order valence-corrected chi connectivity index (χ1v) is 2.10. The van der Waals surface area contributed by atoms with Crippen LogP contribution < -0.4 is 29.6 Å². The summed E-state index contributed by atoms with van der Waals surface area (Å²) in [6, 6.07) is 0. The van der Waals surface area contributed by atoms with Crippen molar-refractivity contribution in [3.8, 4) is 0 Å². The fourth-order valence-corrected chi connectivity index (χ4v) is 0. The van der Waals surface area contributed by atoms with Crippen LogP contribution in [0.5, 0.6) is 0 Å². The molecular formula is H6ClMgNaO4S. The third-order valence-corrected chi connectivity index (χ3v) is 0. The summed E-state index contributed by atoms with van der Waals surface area (Å²) in [5.41, 5.74) is 0. The van der Waals surface area contributed by atoms with Gasteiger partial charge in [-0.15, -0.1) is 12.4 Å². The number of rotatable bonds is 0. The van der Waals surface area contributed by atoms with Gasteiger partial charge in [0.15, 0.2) is 0 Å². The molecule has 0 amide bonds. The molecule has 0 aliphatic rings. The molecule has 0 bridgehead atoms. The molecule has 0 spiro atoms. The molecule has 2 N–H and O–H groups in total. The van der Waals surface area contributed by atoms with Crippen LogP contribution in [0.25, 0.3) is 0 Å². The summed E-state index contributed by atoms with van der Waals surface area (Å²) in [6.45, 7) is 0. The van der Waals surface area contributed by atoms with Gasteiger partial charge in [-0.2, -0.15) is 8.42 Å². The Bertz CT molecular complexity index is 109. The average molecular weight is 185 g/mol. The zero-order chi connectivity index (χ0) is 4.50. The van der Waals surface area contributed by atoms with Gasteiger partial charge < -0.3 is 4.28 Å². The second kappa shape index (κ2) is 8.93. The molecule has 0 saturated heterocycles. The Morgan fingerprint density at radius 1 is 1.25 bits per heavy atom. The van der Waals surface area contributed by atoms with Gasteiger partial charge in [0.25, 0.3) is 0 Å². The van der Waals surface area contributed by atoms with Crippen molar-refractivity contribution in [1.29, 1.82) is 0 Å². The molecule has 0 rings (SSSR count). The Morgan fingerprint density at radius 3 is 1.25 bits per heavy atom. The molecule has 0 aromatic rings. The first-order valence-electron chi connectivity index (χ1n) is 0.698. The van der Waals surface area contributed by atoms with E-state index in [1.165, 1.54) is 0 Å². The third kappa shape index (κ3) is 102. The van der Waals surface area contributed by atoms with Crippen LogP contribution in [0.1, 0.15) is 4.28 Å². The Morgan fingerprint density at radius 2 is 1.25 bits per heavy atom. The maximum Gasteiger partial charge on any atom is 2.00 e. The average Bonchev–Trinajstić information content (AvgIpc) is 0.722. The van der Waals surface area contributed by atoms with Crippen LogP contribution >= 0.6 is 12.4 Å². The molecule has 0 atom stereocenters. The molecule has 8 heteroatoms. The first-order chi connectivity index (χ1) is 2.00. The molecule has 0 heterocycles. The van der Waals surface area contributed by atoms with E-state index in [0.717, 1.165) is 0 Å². The first kappa shape index (κ1) is 22.5. The summed E-state index contributed by atoms with van der Waals surface area (Å²) >= 11 is 0. The van der Waals surface area contributed by atoms with E-state index in [0.29, 0.717) is 0 Å². The maximum atomic E-state index is 8.74. The van der Waals surface area contributed by atoms with E-state index in [9.17, 15) is 0 Å². The van der Waals surface area contributed by atoms with E-state index < -0.39 is 10.4 Å². The van der Waals surface area contributed by atoms with Gasteiger partial charge in [-0.1, -0.05) is 0 Å². The number of hydrogen-bond acceptors (Lipinski definition) is 2. The monoisotopic (exact) mass is 184 g/mol. The third-order valence-electron chi connectivity index (χ3n) is 0. The Labute approximate surface area is 96.3 Å². The van der Waals surface area contributed by atoms with Crippen LogP contribution in [-0.2, 0) is 10.4 Å². The van der Waals surface area contributed by atoms with Crippen molar-refractivity contribution in [3.63, 3.8) is 0 Å². The summed E-state index contributed by atoms with van der Waals surface area (Å²) < 4.78 is 31.6. The van der Waals surface area contributed by atoms with Crippen molar-refractivity contribution >= 4 is 45.9 Å².